The second-order valence-corrected chi connectivity index (χ2v) is 5.19. The van der Waals surface area contributed by atoms with Gasteiger partial charge in [0.25, 0.3) is 0 Å². The van der Waals surface area contributed by atoms with E-state index in [-0.39, 0.29) is 17.9 Å². The van der Waals surface area contributed by atoms with Crippen LogP contribution in [0.5, 0.6) is 0 Å². The van der Waals surface area contributed by atoms with Crippen molar-refractivity contribution in [1.82, 2.24) is 0 Å². The average Bonchev–Trinajstić information content (AvgIpc) is 2.36. The van der Waals surface area contributed by atoms with Crippen molar-refractivity contribution in [3.63, 3.8) is 0 Å². The molecule has 0 atom stereocenters. The number of rotatable bonds is 3. The predicted molar refractivity (Wildman–Crippen MR) is 80.6 cm³/mol. The number of halogens is 1. The van der Waals surface area contributed by atoms with E-state index in [1.165, 1.54) is 12.1 Å². The molecule has 2 aromatic rings. The van der Waals surface area contributed by atoms with Crippen LogP contribution in [0.3, 0.4) is 0 Å². The molecule has 0 aliphatic rings. The van der Waals surface area contributed by atoms with Crippen LogP contribution in [0.1, 0.15) is 32.6 Å². The van der Waals surface area contributed by atoms with E-state index < -0.39 is 11.8 Å². The van der Waals surface area contributed by atoms with Gasteiger partial charge in [-0.2, -0.15) is 0 Å². The Labute approximate surface area is 123 Å². The number of anilines is 1. The maximum atomic E-state index is 13.7. The van der Waals surface area contributed by atoms with E-state index >= 15 is 0 Å². The van der Waals surface area contributed by atoms with Crippen molar-refractivity contribution < 1.29 is 13.9 Å². The van der Waals surface area contributed by atoms with E-state index in [0.29, 0.717) is 0 Å². The van der Waals surface area contributed by atoms with Gasteiger partial charge in [-0.25, -0.2) is 9.18 Å². The molecular formula is C17H18FNO2. The Morgan fingerprint density at radius 3 is 2.33 bits per heavy atom. The van der Waals surface area contributed by atoms with Crippen LogP contribution in [-0.2, 0) is 11.3 Å². The van der Waals surface area contributed by atoms with Crippen molar-refractivity contribution >= 4 is 11.7 Å². The Morgan fingerprint density at radius 2 is 1.76 bits per heavy atom. The number of aryl methyl sites for hydroxylation is 3. The number of ether oxygens (including phenoxy) is 1. The summed E-state index contributed by atoms with van der Waals surface area (Å²) in [5.41, 5.74) is 9.84. The fourth-order valence-electron chi connectivity index (χ4n) is 2.35. The largest absolute Gasteiger partial charge is 0.457 e. The smallest absolute Gasteiger partial charge is 0.341 e. The fourth-order valence-corrected chi connectivity index (χ4v) is 2.35. The van der Waals surface area contributed by atoms with Gasteiger partial charge in [-0.1, -0.05) is 17.7 Å². The molecule has 0 aromatic heterocycles. The minimum absolute atomic E-state index is 0.105. The van der Waals surface area contributed by atoms with Gasteiger partial charge in [-0.3, -0.25) is 0 Å². The standard InChI is InChI=1S/C17H18FNO2/c1-10-6-11(2)15(12(3)7-10)9-21-17(20)14-5-4-13(19)8-16(14)18/h4-8H,9,19H2,1-3H3. The summed E-state index contributed by atoms with van der Waals surface area (Å²) in [6.07, 6.45) is 0. The SMILES string of the molecule is Cc1cc(C)c(COC(=O)c2ccc(N)cc2F)c(C)c1. The molecule has 0 amide bonds. The summed E-state index contributed by atoms with van der Waals surface area (Å²) in [6, 6.07) is 7.98. The molecular weight excluding hydrogens is 269 g/mol. The van der Waals surface area contributed by atoms with Crippen molar-refractivity contribution in [1.29, 1.82) is 0 Å². The maximum absolute atomic E-state index is 13.7. The number of benzene rings is 2. The Balaban J connectivity index is 2.15. The molecule has 0 radical (unpaired) electrons. The lowest BCUT2D eigenvalue weighted by atomic mass is 10.0. The fraction of sp³-hybridized carbons (Fsp3) is 0.235. The molecule has 0 fully saturated rings. The normalized spacial score (nSPS) is 10.5. The first-order chi connectivity index (χ1) is 9.88. The zero-order valence-electron chi connectivity index (χ0n) is 12.4. The monoisotopic (exact) mass is 287 g/mol. The molecule has 0 saturated heterocycles. The van der Waals surface area contributed by atoms with Gasteiger partial charge >= 0.3 is 5.97 Å². The molecule has 2 N–H and O–H groups in total. The minimum Gasteiger partial charge on any atom is -0.457 e. The zero-order chi connectivity index (χ0) is 15.6. The third-order valence-corrected chi connectivity index (χ3v) is 3.40. The lowest BCUT2D eigenvalue weighted by molar-refractivity contribution is 0.0466. The van der Waals surface area contributed by atoms with E-state index in [2.05, 4.69) is 0 Å². The van der Waals surface area contributed by atoms with Crippen LogP contribution >= 0.6 is 0 Å². The molecule has 3 nitrogen and oxygen atoms in total. The summed E-state index contributed by atoms with van der Waals surface area (Å²) >= 11 is 0. The van der Waals surface area contributed by atoms with Gasteiger partial charge in [0.1, 0.15) is 12.4 Å². The predicted octanol–water partition coefficient (Wildman–Crippen LogP) is 3.69. The van der Waals surface area contributed by atoms with Crippen LogP contribution in [0.4, 0.5) is 10.1 Å². The van der Waals surface area contributed by atoms with Crippen LogP contribution in [0.2, 0.25) is 0 Å². The van der Waals surface area contributed by atoms with E-state index in [9.17, 15) is 9.18 Å². The molecule has 2 aromatic carbocycles. The summed E-state index contributed by atoms with van der Waals surface area (Å²) in [5, 5.41) is 0. The number of nitrogens with two attached hydrogens (primary N) is 1. The van der Waals surface area contributed by atoms with Crippen LogP contribution < -0.4 is 5.73 Å². The molecule has 0 heterocycles. The van der Waals surface area contributed by atoms with Crippen LogP contribution in [0.15, 0.2) is 30.3 Å². The van der Waals surface area contributed by atoms with Gasteiger partial charge in [0, 0.05) is 5.69 Å². The molecule has 0 spiro atoms. The molecule has 0 aliphatic carbocycles. The third-order valence-electron chi connectivity index (χ3n) is 3.40. The topological polar surface area (TPSA) is 52.3 Å². The Hall–Kier alpha value is -2.36. The highest BCUT2D eigenvalue weighted by Crippen LogP contribution is 2.19. The highest BCUT2D eigenvalue weighted by molar-refractivity contribution is 5.90. The number of hydrogen-bond donors (Lipinski definition) is 1. The molecule has 0 bridgehead atoms. The molecule has 0 saturated carbocycles. The first-order valence-corrected chi connectivity index (χ1v) is 6.67. The number of hydrogen-bond acceptors (Lipinski definition) is 3. The van der Waals surface area contributed by atoms with E-state index in [4.69, 9.17) is 10.5 Å². The molecule has 0 aliphatic heterocycles. The number of carbonyl (C=O) groups is 1. The van der Waals surface area contributed by atoms with Gasteiger partial charge < -0.3 is 10.5 Å². The van der Waals surface area contributed by atoms with Crippen LogP contribution in [-0.4, -0.2) is 5.97 Å². The molecule has 4 heteroatoms. The summed E-state index contributed by atoms with van der Waals surface area (Å²) < 4.78 is 18.9. The van der Waals surface area contributed by atoms with Gasteiger partial charge in [-0.05, 0) is 55.7 Å². The lowest BCUT2D eigenvalue weighted by Crippen LogP contribution is -2.09. The summed E-state index contributed by atoms with van der Waals surface area (Å²) in [4.78, 5) is 11.9. The van der Waals surface area contributed by atoms with Crippen molar-refractivity contribution in [2.45, 2.75) is 27.4 Å². The summed E-state index contributed by atoms with van der Waals surface area (Å²) in [5.74, 6) is -1.36. The average molecular weight is 287 g/mol. The van der Waals surface area contributed by atoms with Crippen LogP contribution in [0.25, 0.3) is 0 Å². The number of carbonyl (C=O) groups excluding carboxylic acids is 1. The number of esters is 1. The second kappa shape index (κ2) is 5.95. The Kier molecular flexibility index (Phi) is 4.26. The van der Waals surface area contributed by atoms with E-state index in [1.807, 2.05) is 32.9 Å². The second-order valence-electron chi connectivity index (χ2n) is 5.19. The molecule has 0 unspecified atom stereocenters. The van der Waals surface area contributed by atoms with E-state index in [1.54, 1.807) is 0 Å². The van der Waals surface area contributed by atoms with Crippen LogP contribution in [0, 0.1) is 26.6 Å². The Morgan fingerprint density at radius 1 is 1.14 bits per heavy atom. The van der Waals surface area contributed by atoms with Gasteiger partial charge in [0.2, 0.25) is 0 Å². The van der Waals surface area contributed by atoms with Crippen molar-refractivity contribution in [3.8, 4) is 0 Å². The lowest BCUT2D eigenvalue weighted by Gasteiger charge is -2.12. The first kappa shape index (κ1) is 15.0. The van der Waals surface area contributed by atoms with Crippen molar-refractivity contribution in [2.24, 2.45) is 0 Å². The summed E-state index contributed by atoms with van der Waals surface area (Å²) in [6.45, 7) is 6.07. The van der Waals surface area contributed by atoms with Gasteiger partial charge in [-0.15, -0.1) is 0 Å². The highest BCUT2D eigenvalue weighted by atomic mass is 19.1. The highest BCUT2D eigenvalue weighted by Gasteiger charge is 2.14. The van der Waals surface area contributed by atoms with Crippen molar-refractivity contribution in [2.75, 3.05) is 5.73 Å². The maximum Gasteiger partial charge on any atom is 0.341 e. The molecule has 21 heavy (non-hydrogen) atoms. The summed E-state index contributed by atoms with van der Waals surface area (Å²) in [7, 11) is 0. The van der Waals surface area contributed by atoms with Gasteiger partial charge in [0.05, 0.1) is 5.56 Å². The van der Waals surface area contributed by atoms with E-state index in [0.717, 1.165) is 28.3 Å². The number of nitrogen functional groups attached to an aromatic ring is 1. The van der Waals surface area contributed by atoms with Crippen molar-refractivity contribution in [3.05, 3.63) is 64.0 Å². The third kappa shape index (κ3) is 3.40. The first-order valence-electron chi connectivity index (χ1n) is 6.67. The minimum atomic E-state index is -0.688. The Bertz CT molecular complexity index is 672. The molecule has 110 valence electrons. The zero-order valence-corrected chi connectivity index (χ0v) is 12.4. The molecule has 2 rings (SSSR count). The van der Waals surface area contributed by atoms with Gasteiger partial charge in [0.15, 0.2) is 0 Å². The quantitative estimate of drug-likeness (QED) is 0.692.